The molecule has 2 heterocycles. The molecule has 124 valence electrons. The van der Waals surface area contributed by atoms with E-state index in [2.05, 4.69) is 90.3 Å². The van der Waals surface area contributed by atoms with Crippen LogP contribution in [0.15, 0.2) is 91.0 Å². The van der Waals surface area contributed by atoms with Crippen molar-refractivity contribution < 1.29 is 0 Å². The first kappa shape index (κ1) is 14.9. The van der Waals surface area contributed by atoms with E-state index in [0.29, 0.717) is 0 Å². The van der Waals surface area contributed by atoms with Gasteiger partial charge in [-0.25, -0.2) is 4.98 Å². The van der Waals surface area contributed by atoms with Crippen LogP contribution >= 0.6 is 0 Å². The van der Waals surface area contributed by atoms with Crippen LogP contribution in [0.3, 0.4) is 0 Å². The lowest BCUT2D eigenvalue weighted by Crippen LogP contribution is -2.17. The number of fused-ring (bicyclic) bond motifs is 2. The van der Waals surface area contributed by atoms with Crippen LogP contribution < -0.4 is 5.32 Å². The van der Waals surface area contributed by atoms with E-state index in [1.807, 2.05) is 12.1 Å². The molecule has 1 atom stereocenters. The standard InChI is InChI=1S/C24H18N2/c1-2-9-18(10-3-1)24-20(16-19-11-5-7-13-22(19)26-24)23-15-14-17-8-4-6-12-21(17)25-23/h1-16,24,26H. The third kappa shape index (κ3) is 2.56. The zero-order valence-electron chi connectivity index (χ0n) is 14.3. The van der Waals surface area contributed by atoms with Crippen molar-refractivity contribution in [2.24, 2.45) is 0 Å². The highest BCUT2D eigenvalue weighted by atomic mass is 14.9. The number of aromatic nitrogens is 1. The first-order valence-corrected chi connectivity index (χ1v) is 8.87. The summed E-state index contributed by atoms with van der Waals surface area (Å²) in [7, 11) is 0. The van der Waals surface area contributed by atoms with Gasteiger partial charge in [-0.1, -0.05) is 72.8 Å². The van der Waals surface area contributed by atoms with Gasteiger partial charge in [0.15, 0.2) is 0 Å². The number of hydrogen-bond donors (Lipinski definition) is 1. The van der Waals surface area contributed by atoms with E-state index < -0.39 is 0 Å². The van der Waals surface area contributed by atoms with Crippen molar-refractivity contribution in [3.8, 4) is 0 Å². The number of para-hydroxylation sites is 2. The summed E-state index contributed by atoms with van der Waals surface area (Å²) in [5.74, 6) is 0. The Morgan fingerprint density at radius 1 is 0.692 bits per heavy atom. The Morgan fingerprint density at radius 2 is 1.46 bits per heavy atom. The summed E-state index contributed by atoms with van der Waals surface area (Å²) in [5, 5.41) is 4.87. The van der Waals surface area contributed by atoms with Crippen LogP contribution in [-0.4, -0.2) is 4.98 Å². The Hall–Kier alpha value is -3.39. The fraction of sp³-hybridized carbons (Fsp3) is 0.0417. The van der Waals surface area contributed by atoms with Crippen molar-refractivity contribution in [2.45, 2.75) is 6.04 Å². The van der Waals surface area contributed by atoms with Gasteiger partial charge in [0, 0.05) is 16.6 Å². The topological polar surface area (TPSA) is 24.9 Å². The lowest BCUT2D eigenvalue weighted by molar-refractivity contribution is 0.989. The maximum atomic E-state index is 4.94. The predicted octanol–water partition coefficient (Wildman–Crippen LogP) is 5.94. The Morgan fingerprint density at radius 3 is 2.38 bits per heavy atom. The SMILES string of the molecule is C1=C(c2ccc3ccccc3n2)C(c2ccccc2)Nc2ccccc21. The normalized spacial score (nSPS) is 15.8. The largest absolute Gasteiger partial charge is 0.374 e. The predicted molar refractivity (Wildman–Crippen MR) is 109 cm³/mol. The molecule has 4 aromatic rings. The van der Waals surface area contributed by atoms with Gasteiger partial charge in [-0.3, -0.25) is 0 Å². The minimum absolute atomic E-state index is 0.0831. The third-order valence-corrected chi connectivity index (χ3v) is 4.91. The van der Waals surface area contributed by atoms with Gasteiger partial charge in [0.25, 0.3) is 0 Å². The highest BCUT2D eigenvalue weighted by molar-refractivity contribution is 5.93. The van der Waals surface area contributed by atoms with Crippen molar-refractivity contribution in [3.63, 3.8) is 0 Å². The summed E-state index contributed by atoms with van der Waals surface area (Å²) in [6, 6.07) is 31.6. The Labute approximate surface area is 152 Å². The van der Waals surface area contributed by atoms with Crippen LogP contribution in [0.4, 0.5) is 5.69 Å². The van der Waals surface area contributed by atoms with Crippen LogP contribution in [0.25, 0.3) is 22.6 Å². The first-order valence-electron chi connectivity index (χ1n) is 8.87. The molecule has 5 rings (SSSR count). The van der Waals surface area contributed by atoms with Gasteiger partial charge in [-0.05, 0) is 35.4 Å². The smallest absolute Gasteiger partial charge is 0.0788 e. The Bertz CT molecular complexity index is 1110. The Kier molecular flexibility index (Phi) is 3.53. The molecule has 0 bridgehead atoms. The second-order valence-corrected chi connectivity index (χ2v) is 6.56. The molecule has 1 aliphatic rings. The monoisotopic (exact) mass is 334 g/mol. The van der Waals surface area contributed by atoms with Crippen LogP contribution in [0, 0.1) is 0 Å². The van der Waals surface area contributed by atoms with E-state index in [4.69, 9.17) is 4.98 Å². The second-order valence-electron chi connectivity index (χ2n) is 6.56. The van der Waals surface area contributed by atoms with Gasteiger partial charge in [0.1, 0.15) is 0 Å². The van der Waals surface area contributed by atoms with Crippen molar-refractivity contribution in [1.82, 2.24) is 4.98 Å². The number of benzene rings is 3. The molecule has 1 N–H and O–H groups in total. The molecule has 1 unspecified atom stereocenters. The van der Waals surface area contributed by atoms with Crippen LogP contribution in [0.1, 0.15) is 22.9 Å². The lowest BCUT2D eigenvalue weighted by Gasteiger charge is -2.28. The van der Waals surface area contributed by atoms with Gasteiger partial charge in [0.2, 0.25) is 0 Å². The van der Waals surface area contributed by atoms with Gasteiger partial charge >= 0.3 is 0 Å². The van der Waals surface area contributed by atoms with E-state index in [-0.39, 0.29) is 6.04 Å². The molecule has 0 amide bonds. The number of anilines is 1. The fourth-order valence-electron chi connectivity index (χ4n) is 3.60. The number of nitrogens with one attached hydrogen (secondary N) is 1. The molecule has 0 aliphatic carbocycles. The first-order chi connectivity index (χ1) is 12.9. The second kappa shape index (κ2) is 6.16. The van der Waals surface area contributed by atoms with Crippen molar-refractivity contribution >= 4 is 28.2 Å². The van der Waals surface area contributed by atoms with E-state index in [9.17, 15) is 0 Å². The van der Waals surface area contributed by atoms with E-state index >= 15 is 0 Å². The number of hydrogen-bond acceptors (Lipinski definition) is 2. The van der Waals surface area contributed by atoms with E-state index in [1.54, 1.807) is 0 Å². The molecule has 26 heavy (non-hydrogen) atoms. The molecule has 0 radical (unpaired) electrons. The quantitative estimate of drug-likeness (QED) is 0.490. The Balaban J connectivity index is 1.70. The third-order valence-electron chi connectivity index (χ3n) is 4.91. The van der Waals surface area contributed by atoms with Crippen molar-refractivity contribution in [3.05, 3.63) is 108 Å². The van der Waals surface area contributed by atoms with E-state index in [0.717, 1.165) is 22.3 Å². The van der Waals surface area contributed by atoms with Crippen LogP contribution in [-0.2, 0) is 0 Å². The minimum atomic E-state index is 0.0831. The van der Waals surface area contributed by atoms with Gasteiger partial charge < -0.3 is 5.32 Å². The maximum absolute atomic E-state index is 4.94. The molecule has 0 saturated heterocycles. The van der Waals surface area contributed by atoms with E-state index in [1.165, 1.54) is 16.7 Å². The average Bonchev–Trinajstić information content (AvgIpc) is 2.73. The van der Waals surface area contributed by atoms with Crippen LogP contribution in [0.5, 0.6) is 0 Å². The van der Waals surface area contributed by atoms with Gasteiger partial charge in [-0.15, -0.1) is 0 Å². The van der Waals surface area contributed by atoms with Gasteiger partial charge in [0.05, 0.1) is 17.3 Å². The molecule has 2 heteroatoms. The molecule has 1 aromatic heterocycles. The summed E-state index contributed by atoms with van der Waals surface area (Å²) in [4.78, 5) is 4.94. The average molecular weight is 334 g/mol. The summed E-state index contributed by atoms with van der Waals surface area (Å²) in [6.45, 7) is 0. The summed E-state index contributed by atoms with van der Waals surface area (Å²) >= 11 is 0. The lowest BCUT2D eigenvalue weighted by atomic mass is 9.90. The number of nitrogens with zero attached hydrogens (tertiary/aromatic N) is 1. The minimum Gasteiger partial charge on any atom is -0.374 e. The number of pyridine rings is 1. The highest BCUT2D eigenvalue weighted by Gasteiger charge is 2.24. The molecule has 0 fully saturated rings. The maximum Gasteiger partial charge on any atom is 0.0788 e. The zero-order chi connectivity index (χ0) is 17.3. The van der Waals surface area contributed by atoms with Crippen molar-refractivity contribution in [2.75, 3.05) is 5.32 Å². The summed E-state index contributed by atoms with van der Waals surface area (Å²) in [5.41, 5.74) is 6.83. The molecule has 3 aromatic carbocycles. The molecule has 2 nitrogen and oxygen atoms in total. The van der Waals surface area contributed by atoms with Crippen molar-refractivity contribution in [1.29, 1.82) is 0 Å². The molecular formula is C24H18N2. The highest BCUT2D eigenvalue weighted by Crippen LogP contribution is 2.40. The fourth-order valence-corrected chi connectivity index (χ4v) is 3.60. The summed E-state index contributed by atoms with van der Waals surface area (Å²) < 4.78 is 0. The number of rotatable bonds is 2. The summed E-state index contributed by atoms with van der Waals surface area (Å²) in [6.07, 6.45) is 2.26. The van der Waals surface area contributed by atoms with Gasteiger partial charge in [-0.2, -0.15) is 0 Å². The molecular weight excluding hydrogens is 316 g/mol. The molecule has 1 aliphatic heterocycles. The molecule has 0 saturated carbocycles. The van der Waals surface area contributed by atoms with Crippen LogP contribution in [0.2, 0.25) is 0 Å². The zero-order valence-corrected chi connectivity index (χ0v) is 14.3. The molecule has 0 spiro atoms.